The number of thiophene rings is 1. The molecule has 2 N–H and O–H groups in total. The molecule has 1 amide bonds. The third-order valence-electron chi connectivity index (χ3n) is 5.07. The minimum Gasteiger partial charge on any atom is -0.496 e. The molecule has 0 saturated heterocycles. The summed E-state index contributed by atoms with van der Waals surface area (Å²) in [5.74, 6) is 0.587. The van der Waals surface area contributed by atoms with Gasteiger partial charge in [-0.15, -0.1) is 11.3 Å². The predicted octanol–water partition coefficient (Wildman–Crippen LogP) is 3.77. The molecule has 7 heteroatoms. The summed E-state index contributed by atoms with van der Waals surface area (Å²) >= 11 is 1.46. The van der Waals surface area contributed by atoms with E-state index in [2.05, 4.69) is 0 Å². The fourth-order valence-corrected chi connectivity index (χ4v) is 4.50. The first-order chi connectivity index (χ1) is 14.5. The van der Waals surface area contributed by atoms with Crippen molar-refractivity contribution in [3.05, 3.63) is 82.4 Å². The van der Waals surface area contributed by atoms with Crippen molar-refractivity contribution in [3.8, 4) is 16.2 Å². The molecule has 2 aromatic heterocycles. The number of hydrogen-bond donors (Lipinski definition) is 1. The van der Waals surface area contributed by atoms with E-state index >= 15 is 0 Å². The van der Waals surface area contributed by atoms with E-state index in [4.69, 9.17) is 15.5 Å². The van der Waals surface area contributed by atoms with Crippen LogP contribution in [0.1, 0.15) is 24.4 Å². The van der Waals surface area contributed by atoms with Crippen molar-refractivity contribution in [2.24, 2.45) is 5.73 Å². The molecule has 4 aromatic rings. The Morgan fingerprint density at radius 1 is 1.17 bits per heavy atom. The Morgan fingerprint density at radius 2 is 1.87 bits per heavy atom. The van der Waals surface area contributed by atoms with Crippen LogP contribution in [0.4, 0.5) is 0 Å². The van der Waals surface area contributed by atoms with E-state index in [1.807, 2.05) is 60.7 Å². The van der Waals surface area contributed by atoms with Gasteiger partial charge in [0.25, 0.3) is 5.56 Å². The molecule has 30 heavy (non-hydrogen) atoms. The number of carbonyl (C=O) groups excluding carboxylic acids is 1. The van der Waals surface area contributed by atoms with Crippen LogP contribution in [0.5, 0.6) is 5.75 Å². The molecule has 0 aliphatic rings. The van der Waals surface area contributed by atoms with E-state index < -0.39 is 11.9 Å². The van der Waals surface area contributed by atoms with E-state index in [-0.39, 0.29) is 5.56 Å². The van der Waals surface area contributed by atoms with Gasteiger partial charge >= 0.3 is 0 Å². The quantitative estimate of drug-likeness (QED) is 0.515. The van der Waals surface area contributed by atoms with Crippen LogP contribution in [0.2, 0.25) is 0 Å². The molecular formula is C23H21N3O3S. The second-order valence-corrected chi connectivity index (χ2v) is 8.00. The van der Waals surface area contributed by atoms with Gasteiger partial charge in [-0.05, 0) is 24.6 Å². The molecule has 152 valence electrons. The third-order valence-corrected chi connectivity index (χ3v) is 6.15. The smallest absolute Gasteiger partial charge is 0.263 e. The third kappa shape index (κ3) is 3.59. The summed E-state index contributed by atoms with van der Waals surface area (Å²) < 4.78 is 6.84. The summed E-state index contributed by atoms with van der Waals surface area (Å²) in [5.41, 5.74) is 7.16. The Kier molecular flexibility index (Phi) is 5.37. The number of aromatic nitrogens is 2. The number of nitrogens with two attached hydrogens (primary N) is 1. The lowest BCUT2D eigenvalue weighted by molar-refractivity contribution is -0.120. The van der Waals surface area contributed by atoms with Gasteiger partial charge in [0, 0.05) is 16.9 Å². The minimum absolute atomic E-state index is 0.269. The summed E-state index contributed by atoms with van der Waals surface area (Å²) in [6.07, 6.45) is 0.339. The molecular weight excluding hydrogens is 398 g/mol. The maximum Gasteiger partial charge on any atom is 0.263 e. The largest absolute Gasteiger partial charge is 0.496 e. The Bertz CT molecular complexity index is 1280. The van der Waals surface area contributed by atoms with Gasteiger partial charge in [0.05, 0.1) is 12.5 Å². The van der Waals surface area contributed by atoms with Crippen LogP contribution >= 0.6 is 11.3 Å². The molecule has 0 aliphatic carbocycles. The molecule has 0 aliphatic heterocycles. The highest BCUT2D eigenvalue weighted by Crippen LogP contribution is 2.32. The van der Waals surface area contributed by atoms with Crippen LogP contribution in [0.3, 0.4) is 0 Å². The van der Waals surface area contributed by atoms with Crippen LogP contribution in [-0.4, -0.2) is 22.6 Å². The van der Waals surface area contributed by atoms with Gasteiger partial charge < -0.3 is 10.5 Å². The number of ether oxygens (including phenoxy) is 1. The average molecular weight is 420 g/mol. The van der Waals surface area contributed by atoms with Crippen LogP contribution in [0.15, 0.2) is 65.5 Å². The number of hydrogen-bond acceptors (Lipinski definition) is 5. The summed E-state index contributed by atoms with van der Waals surface area (Å²) in [4.78, 5) is 31.7. The first-order valence-electron chi connectivity index (χ1n) is 9.51. The van der Waals surface area contributed by atoms with Gasteiger partial charge in [0.1, 0.15) is 22.4 Å². The first kappa shape index (κ1) is 19.8. The lowest BCUT2D eigenvalue weighted by atomic mass is 10.1. The van der Waals surface area contributed by atoms with E-state index in [1.165, 1.54) is 15.9 Å². The second-order valence-electron chi connectivity index (χ2n) is 6.97. The molecule has 2 heterocycles. The normalized spacial score (nSPS) is 12.1. The van der Waals surface area contributed by atoms with Gasteiger partial charge in [0.15, 0.2) is 0 Å². The number of fused-ring (bicyclic) bond motifs is 1. The van der Waals surface area contributed by atoms with Crippen LogP contribution in [0, 0.1) is 0 Å². The Balaban J connectivity index is 1.92. The zero-order valence-corrected chi connectivity index (χ0v) is 17.5. The molecule has 0 saturated carbocycles. The minimum atomic E-state index is -0.820. The SMILES string of the molecule is COc1ccccc1Cc1nc2sc(-c3ccccc3)cc2c(=O)n1C(C)C(N)=O. The van der Waals surface area contributed by atoms with Crippen molar-refractivity contribution < 1.29 is 9.53 Å². The van der Waals surface area contributed by atoms with Crippen molar-refractivity contribution in [1.29, 1.82) is 0 Å². The molecule has 1 atom stereocenters. The number of rotatable bonds is 6. The van der Waals surface area contributed by atoms with Crippen molar-refractivity contribution in [2.45, 2.75) is 19.4 Å². The Labute approximate surface area is 177 Å². The van der Waals surface area contributed by atoms with E-state index in [9.17, 15) is 9.59 Å². The van der Waals surface area contributed by atoms with Crippen LogP contribution < -0.4 is 16.0 Å². The van der Waals surface area contributed by atoms with E-state index in [1.54, 1.807) is 14.0 Å². The zero-order chi connectivity index (χ0) is 21.3. The first-order valence-corrected chi connectivity index (χ1v) is 10.3. The topological polar surface area (TPSA) is 87.2 Å². The number of para-hydroxylation sites is 1. The number of methoxy groups -OCH3 is 1. The predicted molar refractivity (Wildman–Crippen MR) is 119 cm³/mol. The lowest BCUT2D eigenvalue weighted by Gasteiger charge is -2.17. The number of carbonyl (C=O) groups is 1. The van der Waals surface area contributed by atoms with E-state index in [0.717, 1.165) is 16.0 Å². The van der Waals surface area contributed by atoms with Gasteiger partial charge in [-0.1, -0.05) is 48.5 Å². The summed E-state index contributed by atoms with van der Waals surface area (Å²) in [6.45, 7) is 1.62. The van der Waals surface area contributed by atoms with Crippen molar-refractivity contribution in [2.75, 3.05) is 7.11 Å². The van der Waals surface area contributed by atoms with Crippen LogP contribution in [-0.2, 0) is 11.2 Å². The highest BCUT2D eigenvalue weighted by Gasteiger charge is 2.22. The highest BCUT2D eigenvalue weighted by molar-refractivity contribution is 7.21. The molecule has 6 nitrogen and oxygen atoms in total. The van der Waals surface area contributed by atoms with Gasteiger partial charge in [0.2, 0.25) is 5.91 Å². The van der Waals surface area contributed by atoms with E-state index in [0.29, 0.717) is 28.2 Å². The van der Waals surface area contributed by atoms with Crippen molar-refractivity contribution in [3.63, 3.8) is 0 Å². The molecule has 2 aromatic carbocycles. The number of nitrogens with zero attached hydrogens (tertiary/aromatic N) is 2. The van der Waals surface area contributed by atoms with Gasteiger partial charge in [-0.2, -0.15) is 0 Å². The standard InChI is InChI=1S/C23H21N3O3S/c1-14(21(24)27)26-20(12-16-10-6-7-11-18(16)29-2)25-22-17(23(26)28)13-19(30-22)15-8-4-3-5-9-15/h3-11,13-14H,12H2,1-2H3,(H2,24,27). The monoisotopic (exact) mass is 419 g/mol. The lowest BCUT2D eigenvalue weighted by Crippen LogP contribution is -2.35. The second kappa shape index (κ2) is 8.12. The molecule has 0 bridgehead atoms. The average Bonchev–Trinajstić information content (AvgIpc) is 3.19. The Morgan fingerprint density at radius 3 is 2.57 bits per heavy atom. The van der Waals surface area contributed by atoms with Gasteiger partial charge in [-0.3, -0.25) is 14.2 Å². The maximum absolute atomic E-state index is 13.4. The fraction of sp³-hybridized carbons (Fsp3) is 0.174. The summed E-state index contributed by atoms with van der Waals surface area (Å²) in [5, 5.41) is 0.482. The summed E-state index contributed by atoms with van der Waals surface area (Å²) in [7, 11) is 1.60. The molecule has 0 spiro atoms. The fourth-order valence-electron chi connectivity index (χ4n) is 3.45. The van der Waals surface area contributed by atoms with Crippen molar-refractivity contribution >= 4 is 27.5 Å². The molecule has 4 rings (SSSR count). The maximum atomic E-state index is 13.4. The molecule has 0 radical (unpaired) electrons. The summed E-state index contributed by atoms with van der Waals surface area (Å²) in [6, 6.07) is 18.4. The highest BCUT2D eigenvalue weighted by atomic mass is 32.1. The number of amides is 1. The number of benzene rings is 2. The van der Waals surface area contributed by atoms with Crippen LogP contribution in [0.25, 0.3) is 20.7 Å². The number of primary amides is 1. The van der Waals surface area contributed by atoms with Gasteiger partial charge in [-0.25, -0.2) is 4.98 Å². The Hall–Kier alpha value is -3.45. The molecule has 1 unspecified atom stereocenters. The zero-order valence-electron chi connectivity index (χ0n) is 16.7. The molecule has 0 fully saturated rings. The van der Waals surface area contributed by atoms with Crippen molar-refractivity contribution in [1.82, 2.24) is 9.55 Å².